The first-order valence-corrected chi connectivity index (χ1v) is 9.52. The second-order valence-corrected chi connectivity index (χ2v) is 7.18. The van der Waals surface area contributed by atoms with Gasteiger partial charge in [-0.05, 0) is 69.0 Å². The molecule has 4 aromatic rings. The zero-order valence-corrected chi connectivity index (χ0v) is 17.0. The molecule has 0 radical (unpaired) electrons. The molecule has 0 saturated heterocycles. The van der Waals surface area contributed by atoms with Gasteiger partial charge in [-0.3, -0.25) is 4.79 Å². The van der Waals surface area contributed by atoms with E-state index in [0.29, 0.717) is 24.3 Å². The van der Waals surface area contributed by atoms with Crippen LogP contribution in [-0.4, -0.2) is 35.5 Å². The second kappa shape index (κ2) is 7.46. The number of aromatic nitrogens is 6. The van der Waals surface area contributed by atoms with E-state index < -0.39 is 0 Å². The van der Waals surface area contributed by atoms with Crippen LogP contribution in [0.4, 0.5) is 5.69 Å². The fraction of sp³-hybridized carbons (Fsp3) is 0.286. The molecule has 0 bridgehead atoms. The summed E-state index contributed by atoms with van der Waals surface area (Å²) in [5, 5.41) is 20.0. The van der Waals surface area contributed by atoms with E-state index >= 15 is 0 Å². The van der Waals surface area contributed by atoms with Crippen LogP contribution in [0.5, 0.6) is 0 Å². The van der Waals surface area contributed by atoms with E-state index in [0.717, 1.165) is 33.8 Å². The van der Waals surface area contributed by atoms with Crippen molar-refractivity contribution in [2.45, 2.75) is 40.5 Å². The van der Waals surface area contributed by atoms with Gasteiger partial charge >= 0.3 is 0 Å². The number of anilines is 1. The summed E-state index contributed by atoms with van der Waals surface area (Å²) in [7, 11) is 0. The van der Waals surface area contributed by atoms with E-state index in [-0.39, 0.29) is 5.91 Å². The number of benzene rings is 1. The van der Waals surface area contributed by atoms with Crippen LogP contribution in [0.1, 0.15) is 34.5 Å². The molecule has 8 nitrogen and oxygen atoms in total. The Balaban J connectivity index is 1.50. The number of carbonyl (C=O) groups is 1. The number of hydrogen-bond acceptors (Lipinski definition) is 5. The molecule has 148 valence electrons. The Morgan fingerprint density at radius 2 is 1.90 bits per heavy atom. The molecule has 0 atom stereocenters. The van der Waals surface area contributed by atoms with E-state index in [1.807, 2.05) is 58.0 Å². The highest BCUT2D eigenvalue weighted by Gasteiger charge is 2.16. The predicted molar refractivity (Wildman–Crippen MR) is 110 cm³/mol. The largest absolute Gasteiger partial charge is 0.326 e. The number of carbonyl (C=O) groups excluding carboxylic acids is 1. The first-order valence-electron chi connectivity index (χ1n) is 9.52. The maximum absolute atomic E-state index is 12.5. The lowest BCUT2D eigenvalue weighted by Crippen LogP contribution is -2.14. The SMILES string of the molecule is Cc1cccc(NC(=O)CCc2c(C)nn(-c3ccc4nncn4n3)c2C)c1C. The molecule has 3 heterocycles. The molecule has 8 heteroatoms. The van der Waals surface area contributed by atoms with Crippen molar-refractivity contribution in [1.82, 2.24) is 29.6 Å². The summed E-state index contributed by atoms with van der Waals surface area (Å²) >= 11 is 0. The molecule has 1 aromatic carbocycles. The Labute approximate surface area is 168 Å². The van der Waals surface area contributed by atoms with Crippen molar-refractivity contribution in [3.8, 4) is 5.82 Å². The molecule has 3 aromatic heterocycles. The van der Waals surface area contributed by atoms with Crippen molar-refractivity contribution < 1.29 is 4.79 Å². The van der Waals surface area contributed by atoms with Gasteiger partial charge < -0.3 is 5.32 Å². The third-order valence-corrected chi connectivity index (χ3v) is 5.29. The fourth-order valence-electron chi connectivity index (χ4n) is 3.43. The molecule has 0 saturated carbocycles. The smallest absolute Gasteiger partial charge is 0.224 e. The number of nitrogens with zero attached hydrogens (tertiary/aromatic N) is 6. The Hall–Kier alpha value is -3.55. The quantitative estimate of drug-likeness (QED) is 0.566. The van der Waals surface area contributed by atoms with Gasteiger partial charge in [0, 0.05) is 17.8 Å². The van der Waals surface area contributed by atoms with Gasteiger partial charge in [0.15, 0.2) is 11.5 Å². The maximum Gasteiger partial charge on any atom is 0.224 e. The Morgan fingerprint density at radius 3 is 2.72 bits per heavy atom. The van der Waals surface area contributed by atoms with Gasteiger partial charge in [0.2, 0.25) is 5.91 Å². The third-order valence-electron chi connectivity index (χ3n) is 5.29. The monoisotopic (exact) mass is 389 g/mol. The van der Waals surface area contributed by atoms with E-state index in [1.54, 1.807) is 15.5 Å². The molecular formula is C21H23N7O. The van der Waals surface area contributed by atoms with Crippen LogP contribution in [0.25, 0.3) is 11.5 Å². The highest BCUT2D eigenvalue weighted by atomic mass is 16.1. The third kappa shape index (κ3) is 3.61. The number of amides is 1. The predicted octanol–water partition coefficient (Wildman–Crippen LogP) is 3.11. The molecule has 29 heavy (non-hydrogen) atoms. The van der Waals surface area contributed by atoms with Crippen LogP contribution in [0.3, 0.4) is 0 Å². The summed E-state index contributed by atoms with van der Waals surface area (Å²) in [6, 6.07) is 9.64. The lowest BCUT2D eigenvalue weighted by Gasteiger charge is -2.10. The maximum atomic E-state index is 12.5. The van der Waals surface area contributed by atoms with Gasteiger partial charge in [-0.15, -0.1) is 15.3 Å². The van der Waals surface area contributed by atoms with Crippen molar-refractivity contribution in [3.05, 3.63) is 64.7 Å². The molecule has 0 aliphatic rings. The van der Waals surface area contributed by atoms with Crippen molar-refractivity contribution in [1.29, 1.82) is 0 Å². The minimum atomic E-state index is -0.00529. The van der Waals surface area contributed by atoms with Crippen molar-refractivity contribution in [2.75, 3.05) is 5.32 Å². The van der Waals surface area contributed by atoms with Crippen molar-refractivity contribution in [3.63, 3.8) is 0 Å². The summed E-state index contributed by atoms with van der Waals surface area (Å²) in [6.07, 6.45) is 2.56. The molecule has 0 spiro atoms. The topological polar surface area (TPSA) is 90.0 Å². The highest BCUT2D eigenvalue weighted by molar-refractivity contribution is 5.91. The van der Waals surface area contributed by atoms with Crippen LogP contribution < -0.4 is 5.32 Å². The summed E-state index contributed by atoms with van der Waals surface area (Å²) in [4.78, 5) is 12.5. The number of nitrogens with one attached hydrogen (secondary N) is 1. The number of aryl methyl sites for hydroxylation is 2. The molecule has 0 unspecified atom stereocenters. The zero-order valence-electron chi connectivity index (χ0n) is 17.0. The minimum Gasteiger partial charge on any atom is -0.326 e. The number of fused-ring (bicyclic) bond motifs is 1. The summed E-state index contributed by atoms with van der Waals surface area (Å²) in [5.41, 5.74) is 6.73. The number of hydrogen-bond donors (Lipinski definition) is 1. The zero-order chi connectivity index (χ0) is 20.5. The molecule has 0 aliphatic carbocycles. The summed E-state index contributed by atoms with van der Waals surface area (Å²) in [6.45, 7) is 8.01. The van der Waals surface area contributed by atoms with Crippen molar-refractivity contribution >= 4 is 17.2 Å². The molecule has 4 rings (SSSR count). The molecule has 1 N–H and O–H groups in total. The fourth-order valence-corrected chi connectivity index (χ4v) is 3.43. The standard InChI is InChI=1S/C21H23N7O/c1-13-6-5-7-18(14(13)2)23-21(29)11-8-17-15(3)25-28(16(17)4)20-10-9-19-24-22-12-27(19)26-20/h5-7,9-10,12H,8,11H2,1-4H3,(H,23,29). The van der Waals surface area contributed by atoms with Gasteiger partial charge in [-0.25, -0.2) is 4.68 Å². The first kappa shape index (κ1) is 18.8. The Kier molecular flexibility index (Phi) is 4.84. The average molecular weight is 389 g/mol. The number of rotatable bonds is 5. The van der Waals surface area contributed by atoms with Crippen LogP contribution in [-0.2, 0) is 11.2 Å². The van der Waals surface area contributed by atoms with Crippen LogP contribution in [0.15, 0.2) is 36.7 Å². The molecule has 1 amide bonds. The summed E-state index contributed by atoms with van der Waals surface area (Å²) in [5.74, 6) is 0.679. The van der Waals surface area contributed by atoms with Gasteiger partial charge in [0.25, 0.3) is 0 Å². The Morgan fingerprint density at radius 1 is 1.07 bits per heavy atom. The van der Waals surface area contributed by atoms with Crippen molar-refractivity contribution in [2.24, 2.45) is 0 Å². The van der Waals surface area contributed by atoms with Gasteiger partial charge in [0.05, 0.1) is 5.69 Å². The lowest BCUT2D eigenvalue weighted by molar-refractivity contribution is -0.116. The average Bonchev–Trinajstić information content (AvgIpc) is 3.27. The first-order chi connectivity index (χ1) is 13.9. The highest BCUT2D eigenvalue weighted by Crippen LogP contribution is 2.21. The van der Waals surface area contributed by atoms with Crippen LogP contribution in [0, 0.1) is 27.7 Å². The second-order valence-electron chi connectivity index (χ2n) is 7.18. The molecule has 0 fully saturated rings. The van der Waals surface area contributed by atoms with Gasteiger partial charge in [0.1, 0.15) is 6.33 Å². The molecular weight excluding hydrogens is 366 g/mol. The van der Waals surface area contributed by atoms with Crippen LogP contribution in [0.2, 0.25) is 0 Å². The van der Waals surface area contributed by atoms with Gasteiger partial charge in [-0.2, -0.15) is 9.61 Å². The minimum absolute atomic E-state index is 0.00529. The lowest BCUT2D eigenvalue weighted by atomic mass is 10.1. The van der Waals surface area contributed by atoms with E-state index in [2.05, 4.69) is 25.7 Å². The van der Waals surface area contributed by atoms with E-state index in [1.165, 1.54) is 0 Å². The Bertz CT molecular complexity index is 1210. The van der Waals surface area contributed by atoms with Gasteiger partial charge in [-0.1, -0.05) is 12.1 Å². The van der Waals surface area contributed by atoms with E-state index in [9.17, 15) is 4.79 Å². The normalized spacial score (nSPS) is 11.2. The van der Waals surface area contributed by atoms with E-state index in [4.69, 9.17) is 0 Å². The summed E-state index contributed by atoms with van der Waals surface area (Å²) < 4.78 is 3.41. The van der Waals surface area contributed by atoms with Crippen LogP contribution >= 0.6 is 0 Å². The molecule has 0 aliphatic heterocycles.